The van der Waals surface area contributed by atoms with E-state index in [2.05, 4.69) is 43.3 Å². The molecule has 1 fully saturated rings. The van der Waals surface area contributed by atoms with Gasteiger partial charge in [-0.2, -0.15) is 0 Å². The van der Waals surface area contributed by atoms with Gasteiger partial charge in [0.2, 0.25) is 10.0 Å². The van der Waals surface area contributed by atoms with E-state index in [9.17, 15) is 8.42 Å². The number of nitrogens with one attached hydrogen (secondary N) is 2. The third-order valence-electron chi connectivity index (χ3n) is 4.62. The van der Waals surface area contributed by atoms with Crippen molar-refractivity contribution in [3.8, 4) is 0 Å². The molecule has 23 heavy (non-hydrogen) atoms. The van der Waals surface area contributed by atoms with Crippen molar-refractivity contribution in [1.82, 2.24) is 14.9 Å². The number of guanidine groups is 1. The molecule has 136 valence electrons. The Balaban J connectivity index is 2.43. The van der Waals surface area contributed by atoms with Crippen LogP contribution in [-0.4, -0.2) is 57.7 Å². The van der Waals surface area contributed by atoms with Crippen molar-refractivity contribution in [3.05, 3.63) is 0 Å². The lowest BCUT2D eigenvalue weighted by Crippen LogP contribution is -2.44. The third-order valence-corrected chi connectivity index (χ3v) is 5.92. The standard InChI is InChI=1S/C16H34N4O2S/c1-6-17-16(18-11-14(4)13(2)3)19-12-15-7-9-20(10-8-15)23(5,21)22/h13-15H,6-12H2,1-5H3,(H2,17,18,19)/t14-/m0/s1. The molecule has 0 aromatic carbocycles. The smallest absolute Gasteiger partial charge is 0.211 e. The molecule has 6 nitrogen and oxygen atoms in total. The summed E-state index contributed by atoms with van der Waals surface area (Å²) in [5.41, 5.74) is 0. The van der Waals surface area contributed by atoms with Crippen LogP contribution in [0.3, 0.4) is 0 Å². The molecule has 1 aliphatic rings. The van der Waals surface area contributed by atoms with Crippen LogP contribution < -0.4 is 10.6 Å². The molecule has 0 spiro atoms. The maximum atomic E-state index is 11.5. The topological polar surface area (TPSA) is 73.8 Å². The molecule has 0 amide bonds. The predicted octanol–water partition coefficient (Wildman–Crippen LogP) is 1.51. The maximum absolute atomic E-state index is 11.5. The first kappa shape index (κ1) is 20.2. The van der Waals surface area contributed by atoms with Crippen molar-refractivity contribution >= 4 is 16.0 Å². The molecule has 0 aromatic rings. The van der Waals surface area contributed by atoms with E-state index >= 15 is 0 Å². The summed E-state index contributed by atoms with van der Waals surface area (Å²) in [5, 5.41) is 6.69. The zero-order chi connectivity index (χ0) is 17.5. The van der Waals surface area contributed by atoms with E-state index in [1.54, 1.807) is 4.31 Å². The number of sulfonamides is 1. The summed E-state index contributed by atoms with van der Waals surface area (Å²) in [4.78, 5) is 4.66. The average Bonchev–Trinajstić information content (AvgIpc) is 2.49. The van der Waals surface area contributed by atoms with E-state index < -0.39 is 10.0 Å². The Morgan fingerprint density at radius 2 is 1.83 bits per heavy atom. The van der Waals surface area contributed by atoms with E-state index in [4.69, 9.17) is 0 Å². The van der Waals surface area contributed by atoms with Crippen LogP contribution >= 0.6 is 0 Å². The molecule has 2 N–H and O–H groups in total. The maximum Gasteiger partial charge on any atom is 0.211 e. The summed E-state index contributed by atoms with van der Waals surface area (Å²) < 4.78 is 24.6. The van der Waals surface area contributed by atoms with Gasteiger partial charge in [-0.1, -0.05) is 20.8 Å². The van der Waals surface area contributed by atoms with Crippen LogP contribution in [0.1, 0.15) is 40.5 Å². The van der Waals surface area contributed by atoms with Gasteiger partial charge in [-0.3, -0.25) is 4.99 Å². The summed E-state index contributed by atoms with van der Waals surface area (Å²) in [7, 11) is -3.04. The van der Waals surface area contributed by atoms with Gasteiger partial charge in [-0.15, -0.1) is 0 Å². The van der Waals surface area contributed by atoms with Crippen LogP contribution in [-0.2, 0) is 10.0 Å². The SMILES string of the molecule is CCNC(=NC[C@H](C)C(C)C)NCC1CCN(S(C)(=O)=O)CC1. The third kappa shape index (κ3) is 7.52. The Hall–Kier alpha value is -0.820. The summed E-state index contributed by atoms with van der Waals surface area (Å²) >= 11 is 0. The van der Waals surface area contributed by atoms with Gasteiger partial charge in [0.05, 0.1) is 6.26 Å². The first-order chi connectivity index (χ1) is 10.7. The van der Waals surface area contributed by atoms with Crippen LogP contribution in [0.2, 0.25) is 0 Å². The fourth-order valence-electron chi connectivity index (χ4n) is 2.47. The second-order valence-corrected chi connectivity index (χ2v) is 8.91. The Kier molecular flexibility index (Phi) is 8.33. The lowest BCUT2D eigenvalue weighted by molar-refractivity contribution is 0.274. The van der Waals surface area contributed by atoms with E-state index in [1.807, 2.05) is 0 Å². The Morgan fingerprint density at radius 1 is 1.22 bits per heavy atom. The van der Waals surface area contributed by atoms with Crippen molar-refractivity contribution in [3.63, 3.8) is 0 Å². The van der Waals surface area contributed by atoms with Crippen LogP contribution in [0.5, 0.6) is 0 Å². The van der Waals surface area contributed by atoms with Crippen LogP contribution in [0.4, 0.5) is 0 Å². The van der Waals surface area contributed by atoms with Crippen LogP contribution in [0, 0.1) is 17.8 Å². The Morgan fingerprint density at radius 3 is 2.30 bits per heavy atom. The molecule has 0 aliphatic carbocycles. The minimum Gasteiger partial charge on any atom is -0.357 e. The first-order valence-corrected chi connectivity index (χ1v) is 10.6. The molecule has 0 aromatic heterocycles. The molecule has 1 atom stereocenters. The molecular formula is C16H34N4O2S. The number of nitrogens with zero attached hydrogens (tertiary/aromatic N) is 2. The Bertz CT molecular complexity index is 468. The largest absolute Gasteiger partial charge is 0.357 e. The fraction of sp³-hybridized carbons (Fsp3) is 0.938. The highest BCUT2D eigenvalue weighted by atomic mass is 32.2. The molecule has 0 bridgehead atoms. The number of rotatable bonds is 7. The van der Waals surface area contributed by atoms with Gasteiger partial charge in [0.15, 0.2) is 5.96 Å². The quantitative estimate of drug-likeness (QED) is 0.541. The van der Waals surface area contributed by atoms with Crippen molar-refractivity contribution < 1.29 is 8.42 Å². The fourth-order valence-corrected chi connectivity index (χ4v) is 3.35. The zero-order valence-corrected chi connectivity index (χ0v) is 16.1. The summed E-state index contributed by atoms with van der Waals surface area (Å²) in [5.74, 6) is 2.55. The van der Waals surface area contributed by atoms with Gasteiger partial charge < -0.3 is 10.6 Å². The van der Waals surface area contributed by atoms with Gasteiger partial charge >= 0.3 is 0 Å². The highest BCUT2D eigenvalue weighted by Gasteiger charge is 2.24. The molecule has 1 aliphatic heterocycles. The molecular weight excluding hydrogens is 312 g/mol. The molecule has 1 heterocycles. The normalized spacial score (nSPS) is 19.8. The molecule has 0 radical (unpaired) electrons. The Labute approximate surface area is 142 Å². The second-order valence-electron chi connectivity index (χ2n) is 6.93. The van der Waals surface area contributed by atoms with E-state index in [-0.39, 0.29) is 0 Å². The van der Waals surface area contributed by atoms with Gasteiger partial charge in [0.1, 0.15) is 0 Å². The highest BCUT2D eigenvalue weighted by Crippen LogP contribution is 2.18. The van der Waals surface area contributed by atoms with E-state index in [0.717, 1.165) is 38.4 Å². The average molecular weight is 347 g/mol. The first-order valence-electron chi connectivity index (χ1n) is 8.71. The summed E-state index contributed by atoms with van der Waals surface area (Å²) in [6.07, 6.45) is 3.10. The van der Waals surface area contributed by atoms with Gasteiger partial charge in [-0.25, -0.2) is 12.7 Å². The van der Waals surface area contributed by atoms with Crippen molar-refractivity contribution in [2.45, 2.75) is 40.5 Å². The van der Waals surface area contributed by atoms with E-state index in [1.165, 1.54) is 6.26 Å². The number of aliphatic imine (C=N–C) groups is 1. The van der Waals surface area contributed by atoms with Crippen LogP contribution in [0.15, 0.2) is 4.99 Å². The van der Waals surface area contributed by atoms with Gasteiger partial charge in [-0.05, 0) is 37.5 Å². The molecule has 1 rings (SSSR count). The zero-order valence-electron chi connectivity index (χ0n) is 15.3. The summed E-state index contributed by atoms with van der Waals surface area (Å²) in [6, 6.07) is 0. The number of hydrogen-bond acceptors (Lipinski definition) is 3. The van der Waals surface area contributed by atoms with Crippen molar-refractivity contribution in [2.24, 2.45) is 22.7 Å². The predicted molar refractivity (Wildman–Crippen MR) is 97.1 cm³/mol. The van der Waals surface area contributed by atoms with E-state index in [0.29, 0.717) is 30.8 Å². The minimum absolute atomic E-state index is 0.499. The van der Waals surface area contributed by atoms with Crippen LogP contribution in [0.25, 0.3) is 0 Å². The number of hydrogen-bond donors (Lipinski definition) is 2. The monoisotopic (exact) mass is 346 g/mol. The number of piperidine rings is 1. The lowest BCUT2D eigenvalue weighted by Gasteiger charge is -2.30. The highest BCUT2D eigenvalue weighted by molar-refractivity contribution is 7.88. The van der Waals surface area contributed by atoms with Gasteiger partial charge in [0, 0.05) is 32.7 Å². The molecule has 0 unspecified atom stereocenters. The second kappa shape index (κ2) is 9.47. The van der Waals surface area contributed by atoms with Crippen molar-refractivity contribution in [2.75, 3.05) is 39.0 Å². The molecule has 1 saturated heterocycles. The minimum atomic E-state index is -3.04. The lowest BCUT2D eigenvalue weighted by atomic mass is 9.98. The summed E-state index contributed by atoms with van der Waals surface area (Å²) in [6.45, 7) is 12.5. The molecule has 7 heteroatoms. The van der Waals surface area contributed by atoms with Gasteiger partial charge in [0.25, 0.3) is 0 Å². The van der Waals surface area contributed by atoms with Crippen molar-refractivity contribution in [1.29, 1.82) is 0 Å². The molecule has 0 saturated carbocycles.